The Kier molecular flexibility index (Phi) is 4.49. The van der Waals surface area contributed by atoms with E-state index in [1.807, 2.05) is 6.92 Å². The maximum absolute atomic E-state index is 12.5. The molecule has 6 heteroatoms. The SMILES string of the molecule is Cc1ccc(S(=O)(=O)C(C)C(=O)NC(C)(C)C)c(N)c1. The molecule has 112 valence electrons. The van der Waals surface area contributed by atoms with Gasteiger partial charge in [0.25, 0.3) is 0 Å². The lowest BCUT2D eigenvalue weighted by Gasteiger charge is -2.23. The molecule has 0 aliphatic rings. The number of nitrogens with two attached hydrogens (primary N) is 1. The smallest absolute Gasteiger partial charge is 0.238 e. The summed E-state index contributed by atoms with van der Waals surface area (Å²) < 4.78 is 24.9. The van der Waals surface area contributed by atoms with Gasteiger partial charge in [-0.25, -0.2) is 8.42 Å². The van der Waals surface area contributed by atoms with Crippen molar-refractivity contribution in [1.29, 1.82) is 0 Å². The Morgan fingerprint density at radius 2 is 1.85 bits per heavy atom. The van der Waals surface area contributed by atoms with Gasteiger partial charge in [-0.1, -0.05) is 6.07 Å². The molecule has 5 nitrogen and oxygen atoms in total. The summed E-state index contributed by atoms with van der Waals surface area (Å²) in [5, 5.41) is 1.48. The van der Waals surface area contributed by atoms with Gasteiger partial charge in [0.1, 0.15) is 5.25 Å². The molecule has 0 aliphatic heterocycles. The molecule has 0 aliphatic carbocycles. The summed E-state index contributed by atoms with van der Waals surface area (Å²) in [7, 11) is -3.80. The maximum Gasteiger partial charge on any atom is 0.238 e. The lowest BCUT2D eigenvalue weighted by Crippen LogP contribution is -2.47. The Morgan fingerprint density at radius 3 is 2.30 bits per heavy atom. The largest absolute Gasteiger partial charge is 0.398 e. The number of nitrogen functional groups attached to an aromatic ring is 1. The van der Waals surface area contributed by atoms with Crippen LogP contribution in [-0.2, 0) is 14.6 Å². The van der Waals surface area contributed by atoms with Crippen LogP contribution < -0.4 is 11.1 Å². The fraction of sp³-hybridized carbons (Fsp3) is 0.500. The molecular formula is C14H22N2O3S. The number of rotatable bonds is 3. The molecule has 3 N–H and O–H groups in total. The van der Waals surface area contributed by atoms with Gasteiger partial charge in [-0.2, -0.15) is 0 Å². The minimum absolute atomic E-state index is 0.000316. The van der Waals surface area contributed by atoms with E-state index in [-0.39, 0.29) is 10.6 Å². The average molecular weight is 298 g/mol. The highest BCUT2D eigenvalue weighted by atomic mass is 32.2. The number of amides is 1. The quantitative estimate of drug-likeness (QED) is 0.830. The number of carbonyl (C=O) groups is 1. The van der Waals surface area contributed by atoms with Crippen LogP contribution in [0.25, 0.3) is 0 Å². The lowest BCUT2D eigenvalue weighted by atomic mass is 10.1. The van der Waals surface area contributed by atoms with Gasteiger partial charge in [-0.3, -0.25) is 4.79 Å². The van der Waals surface area contributed by atoms with Crippen LogP contribution in [0.4, 0.5) is 5.69 Å². The zero-order valence-corrected chi connectivity index (χ0v) is 13.3. The minimum atomic E-state index is -3.80. The lowest BCUT2D eigenvalue weighted by molar-refractivity contribution is -0.121. The summed E-state index contributed by atoms with van der Waals surface area (Å²) in [6, 6.07) is 4.69. The van der Waals surface area contributed by atoms with Gasteiger partial charge < -0.3 is 11.1 Å². The van der Waals surface area contributed by atoms with Crippen molar-refractivity contribution >= 4 is 21.4 Å². The molecule has 20 heavy (non-hydrogen) atoms. The second-order valence-corrected chi connectivity index (χ2v) is 8.20. The van der Waals surface area contributed by atoms with Crippen LogP contribution in [0.3, 0.4) is 0 Å². The normalized spacial score (nSPS) is 13.8. The molecule has 0 bridgehead atoms. The highest BCUT2D eigenvalue weighted by Crippen LogP contribution is 2.24. The third kappa shape index (κ3) is 3.72. The maximum atomic E-state index is 12.5. The van der Waals surface area contributed by atoms with Crippen molar-refractivity contribution in [2.75, 3.05) is 5.73 Å². The topological polar surface area (TPSA) is 89.3 Å². The van der Waals surface area contributed by atoms with E-state index < -0.39 is 26.5 Å². The zero-order chi connectivity index (χ0) is 15.7. The van der Waals surface area contributed by atoms with Crippen LogP contribution in [0.15, 0.2) is 23.1 Å². The van der Waals surface area contributed by atoms with Crippen LogP contribution in [0.2, 0.25) is 0 Å². The van der Waals surface area contributed by atoms with E-state index in [1.54, 1.807) is 32.9 Å². The first kappa shape index (κ1) is 16.5. The van der Waals surface area contributed by atoms with Crippen LogP contribution in [-0.4, -0.2) is 25.1 Å². The Balaban J connectivity index is 3.13. The van der Waals surface area contributed by atoms with Crippen molar-refractivity contribution < 1.29 is 13.2 Å². The van der Waals surface area contributed by atoms with Gasteiger partial charge in [-0.15, -0.1) is 0 Å². The first-order valence-electron chi connectivity index (χ1n) is 6.37. The van der Waals surface area contributed by atoms with E-state index >= 15 is 0 Å². The van der Waals surface area contributed by atoms with Crippen molar-refractivity contribution in [2.24, 2.45) is 0 Å². The first-order chi connectivity index (χ1) is 8.95. The number of benzene rings is 1. The van der Waals surface area contributed by atoms with Gasteiger partial charge in [0.05, 0.1) is 10.6 Å². The number of aryl methyl sites for hydroxylation is 1. The number of sulfone groups is 1. The Bertz CT molecular complexity index is 616. The highest BCUT2D eigenvalue weighted by Gasteiger charge is 2.32. The minimum Gasteiger partial charge on any atom is -0.398 e. The van der Waals surface area contributed by atoms with Crippen molar-refractivity contribution in [3.63, 3.8) is 0 Å². The number of carbonyl (C=O) groups excluding carboxylic acids is 1. The van der Waals surface area contributed by atoms with E-state index in [2.05, 4.69) is 5.32 Å². The molecule has 1 aromatic rings. The highest BCUT2D eigenvalue weighted by molar-refractivity contribution is 7.93. The molecule has 0 saturated carbocycles. The average Bonchev–Trinajstić information content (AvgIpc) is 2.24. The summed E-state index contributed by atoms with van der Waals surface area (Å²) in [5.74, 6) is -0.530. The summed E-state index contributed by atoms with van der Waals surface area (Å²) in [5.41, 5.74) is 6.31. The molecule has 1 amide bonds. The zero-order valence-electron chi connectivity index (χ0n) is 12.5. The Hall–Kier alpha value is -1.56. The van der Waals surface area contributed by atoms with Gasteiger partial charge in [-0.05, 0) is 52.3 Å². The second-order valence-electron chi connectivity index (χ2n) is 5.97. The van der Waals surface area contributed by atoms with E-state index in [0.29, 0.717) is 0 Å². The summed E-state index contributed by atoms with van der Waals surface area (Å²) in [6.45, 7) is 8.58. The van der Waals surface area contributed by atoms with Crippen LogP contribution >= 0.6 is 0 Å². The molecule has 0 saturated heterocycles. The Morgan fingerprint density at radius 1 is 1.30 bits per heavy atom. The molecule has 0 spiro atoms. The van der Waals surface area contributed by atoms with Crippen LogP contribution in [0.1, 0.15) is 33.3 Å². The van der Waals surface area contributed by atoms with Crippen LogP contribution in [0, 0.1) is 6.92 Å². The number of anilines is 1. The number of hydrogen-bond acceptors (Lipinski definition) is 4. The van der Waals surface area contributed by atoms with Gasteiger partial charge in [0.15, 0.2) is 9.84 Å². The van der Waals surface area contributed by atoms with Gasteiger partial charge in [0, 0.05) is 5.54 Å². The monoisotopic (exact) mass is 298 g/mol. The number of nitrogens with one attached hydrogen (secondary N) is 1. The molecule has 1 unspecified atom stereocenters. The van der Waals surface area contributed by atoms with Gasteiger partial charge in [0.2, 0.25) is 5.91 Å². The molecular weight excluding hydrogens is 276 g/mol. The second kappa shape index (κ2) is 5.44. The molecule has 0 aromatic heterocycles. The van der Waals surface area contributed by atoms with Crippen molar-refractivity contribution in [3.8, 4) is 0 Å². The predicted octanol–water partition coefficient (Wildman–Crippen LogP) is 1.65. The van der Waals surface area contributed by atoms with E-state index in [1.165, 1.54) is 13.0 Å². The fourth-order valence-corrected chi connectivity index (χ4v) is 3.10. The van der Waals surface area contributed by atoms with E-state index in [0.717, 1.165) is 5.56 Å². The standard InChI is InChI=1S/C14H22N2O3S/c1-9-6-7-12(11(15)8-9)20(18,19)10(2)13(17)16-14(3,4)5/h6-8,10H,15H2,1-5H3,(H,16,17). The molecule has 0 heterocycles. The first-order valence-corrected chi connectivity index (χ1v) is 7.92. The number of hydrogen-bond donors (Lipinski definition) is 2. The summed E-state index contributed by atoms with van der Waals surface area (Å²) >= 11 is 0. The predicted molar refractivity (Wildman–Crippen MR) is 80.1 cm³/mol. The molecule has 1 aromatic carbocycles. The van der Waals surface area contributed by atoms with Crippen molar-refractivity contribution in [2.45, 2.75) is 50.3 Å². The molecule has 0 radical (unpaired) electrons. The van der Waals surface area contributed by atoms with Gasteiger partial charge >= 0.3 is 0 Å². The Labute approximate surface area is 120 Å². The van der Waals surface area contributed by atoms with Crippen molar-refractivity contribution in [3.05, 3.63) is 23.8 Å². The van der Waals surface area contributed by atoms with Crippen molar-refractivity contribution in [1.82, 2.24) is 5.32 Å². The fourth-order valence-electron chi connectivity index (χ4n) is 1.73. The van der Waals surface area contributed by atoms with Crippen LogP contribution in [0.5, 0.6) is 0 Å². The third-order valence-corrected chi connectivity index (χ3v) is 4.93. The van der Waals surface area contributed by atoms with E-state index in [9.17, 15) is 13.2 Å². The molecule has 1 rings (SSSR count). The molecule has 0 fully saturated rings. The summed E-state index contributed by atoms with van der Waals surface area (Å²) in [6.07, 6.45) is 0. The summed E-state index contributed by atoms with van der Waals surface area (Å²) in [4.78, 5) is 12.0. The van der Waals surface area contributed by atoms with E-state index in [4.69, 9.17) is 5.73 Å². The molecule has 1 atom stereocenters. The third-order valence-electron chi connectivity index (χ3n) is 2.80.